The van der Waals surface area contributed by atoms with Crippen LogP contribution in [-0.2, 0) is 4.79 Å². The Morgan fingerprint density at radius 3 is 2.31 bits per heavy atom. The molecule has 92 valence electrons. The van der Waals surface area contributed by atoms with Crippen LogP contribution in [0.4, 0.5) is 4.79 Å². The fourth-order valence-electron chi connectivity index (χ4n) is 1.68. The Labute approximate surface area is 96.0 Å². The molecular formula is C11H20N2O3. The average Bonchev–Trinajstić information content (AvgIpc) is 2.90. The Morgan fingerprint density at radius 1 is 1.44 bits per heavy atom. The lowest BCUT2D eigenvalue weighted by Crippen LogP contribution is -2.47. The molecule has 1 rings (SSSR count). The van der Waals surface area contributed by atoms with Gasteiger partial charge in [-0.2, -0.15) is 0 Å². The largest absolute Gasteiger partial charge is 0.480 e. The molecule has 2 amide bonds. The molecule has 0 aromatic carbocycles. The number of likely N-dealkylation sites (N-methyl/N-ethyl adjacent to an activating group) is 1. The van der Waals surface area contributed by atoms with Gasteiger partial charge in [-0.15, -0.1) is 0 Å². The van der Waals surface area contributed by atoms with Crippen molar-refractivity contribution in [1.82, 2.24) is 9.80 Å². The molecule has 0 aliphatic heterocycles. The summed E-state index contributed by atoms with van der Waals surface area (Å²) in [4.78, 5) is 25.5. The molecule has 0 heterocycles. The van der Waals surface area contributed by atoms with Crippen molar-refractivity contribution in [2.24, 2.45) is 11.8 Å². The SMILES string of the molecule is CC1CC1CN(C)C(=O)N(C)C(C)C(=O)O. The first-order valence-electron chi connectivity index (χ1n) is 5.55. The number of carboxylic acids is 1. The third kappa shape index (κ3) is 2.87. The summed E-state index contributed by atoms with van der Waals surface area (Å²) >= 11 is 0. The summed E-state index contributed by atoms with van der Waals surface area (Å²) in [6.45, 7) is 4.39. The van der Waals surface area contributed by atoms with Crippen LogP contribution in [0.3, 0.4) is 0 Å². The Morgan fingerprint density at radius 2 is 1.94 bits per heavy atom. The minimum atomic E-state index is -0.982. The van der Waals surface area contributed by atoms with E-state index >= 15 is 0 Å². The number of rotatable bonds is 4. The van der Waals surface area contributed by atoms with Crippen LogP contribution >= 0.6 is 0 Å². The van der Waals surface area contributed by atoms with Crippen LogP contribution in [0.1, 0.15) is 20.3 Å². The fraction of sp³-hybridized carbons (Fsp3) is 0.818. The molecule has 0 aromatic heterocycles. The van der Waals surface area contributed by atoms with E-state index < -0.39 is 12.0 Å². The van der Waals surface area contributed by atoms with Gasteiger partial charge in [-0.3, -0.25) is 0 Å². The van der Waals surface area contributed by atoms with Gasteiger partial charge in [0, 0.05) is 20.6 Å². The first kappa shape index (κ1) is 12.8. The Kier molecular flexibility index (Phi) is 3.78. The quantitative estimate of drug-likeness (QED) is 0.783. The molecule has 0 spiro atoms. The second kappa shape index (κ2) is 4.72. The van der Waals surface area contributed by atoms with Crippen molar-refractivity contribution in [3.8, 4) is 0 Å². The van der Waals surface area contributed by atoms with Crippen LogP contribution in [0.25, 0.3) is 0 Å². The topological polar surface area (TPSA) is 60.9 Å². The summed E-state index contributed by atoms with van der Waals surface area (Å²) in [5.74, 6) is 0.295. The van der Waals surface area contributed by atoms with Crippen LogP contribution in [0.15, 0.2) is 0 Å². The molecule has 1 N–H and O–H groups in total. The minimum absolute atomic E-state index is 0.228. The van der Waals surface area contributed by atoms with E-state index in [1.54, 1.807) is 11.9 Å². The molecule has 1 saturated carbocycles. The van der Waals surface area contributed by atoms with Gasteiger partial charge in [-0.25, -0.2) is 9.59 Å². The maximum atomic E-state index is 11.8. The van der Waals surface area contributed by atoms with Crippen molar-refractivity contribution >= 4 is 12.0 Å². The average molecular weight is 228 g/mol. The van der Waals surface area contributed by atoms with Gasteiger partial charge < -0.3 is 14.9 Å². The molecule has 3 unspecified atom stereocenters. The summed E-state index contributed by atoms with van der Waals surface area (Å²) in [6.07, 6.45) is 1.16. The van der Waals surface area contributed by atoms with Crippen molar-refractivity contribution < 1.29 is 14.7 Å². The van der Waals surface area contributed by atoms with E-state index in [-0.39, 0.29) is 6.03 Å². The smallest absolute Gasteiger partial charge is 0.326 e. The van der Waals surface area contributed by atoms with E-state index in [9.17, 15) is 9.59 Å². The molecule has 0 bridgehead atoms. The van der Waals surface area contributed by atoms with Gasteiger partial charge in [0.2, 0.25) is 0 Å². The van der Waals surface area contributed by atoms with Crippen molar-refractivity contribution in [2.75, 3.05) is 20.6 Å². The second-order valence-corrected chi connectivity index (χ2v) is 4.76. The van der Waals surface area contributed by atoms with Crippen LogP contribution in [0.2, 0.25) is 0 Å². The number of urea groups is 1. The standard InChI is InChI=1S/C11H20N2O3/c1-7-5-9(7)6-12(3)11(16)13(4)8(2)10(14)15/h7-9H,5-6H2,1-4H3,(H,14,15). The predicted molar refractivity (Wildman–Crippen MR) is 60.2 cm³/mol. The number of amides is 2. The van der Waals surface area contributed by atoms with E-state index in [4.69, 9.17) is 5.11 Å². The number of hydrogen-bond acceptors (Lipinski definition) is 2. The lowest BCUT2D eigenvalue weighted by atomic mass is 10.3. The zero-order valence-corrected chi connectivity index (χ0v) is 10.3. The zero-order valence-electron chi connectivity index (χ0n) is 10.3. The molecule has 0 aromatic rings. The molecule has 3 atom stereocenters. The van der Waals surface area contributed by atoms with Crippen LogP contribution in [-0.4, -0.2) is 53.6 Å². The van der Waals surface area contributed by atoms with Crippen LogP contribution in [0, 0.1) is 11.8 Å². The highest BCUT2D eigenvalue weighted by Gasteiger charge is 2.35. The molecular weight excluding hydrogens is 208 g/mol. The van der Waals surface area contributed by atoms with E-state index in [1.165, 1.54) is 18.9 Å². The monoisotopic (exact) mass is 228 g/mol. The van der Waals surface area contributed by atoms with Crippen molar-refractivity contribution in [3.05, 3.63) is 0 Å². The molecule has 0 saturated heterocycles. The first-order valence-corrected chi connectivity index (χ1v) is 5.55. The highest BCUT2D eigenvalue weighted by molar-refractivity contribution is 5.82. The third-order valence-electron chi connectivity index (χ3n) is 3.35. The molecule has 16 heavy (non-hydrogen) atoms. The number of carbonyl (C=O) groups excluding carboxylic acids is 1. The maximum absolute atomic E-state index is 11.8. The number of carboxylic acid groups (broad SMARTS) is 1. The van der Waals surface area contributed by atoms with Crippen molar-refractivity contribution in [1.29, 1.82) is 0 Å². The Balaban J connectivity index is 2.46. The summed E-state index contributed by atoms with van der Waals surface area (Å²) in [5, 5.41) is 8.81. The van der Waals surface area contributed by atoms with Gasteiger partial charge in [-0.05, 0) is 25.2 Å². The third-order valence-corrected chi connectivity index (χ3v) is 3.35. The maximum Gasteiger partial charge on any atom is 0.326 e. The summed E-state index contributed by atoms with van der Waals surface area (Å²) in [5.41, 5.74) is 0. The highest BCUT2D eigenvalue weighted by atomic mass is 16.4. The number of carbonyl (C=O) groups is 2. The first-order chi connectivity index (χ1) is 7.34. The van der Waals surface area contributed by atoms with E-state index in [2.05, 4.69) is 6.92 Å². The van der Waals surface area contributed by atoms with Gasteiger partial charge in [0.05, 0.1) is 0 Å². The van der Waals surface area contributed by atoms with Crippen LogP contribution in [0.5, 0.6) is 0 Å². The van der Waals surface area contributed by atoms with Gasteiger partial charge in [0.15, 0.2) is 0 Å². The van der Waals surface area contributed by atoms with Crippen molar-refractivity contribution in [2.45, 2.75) is 26.3 Å². The lowest BCUT2D eigenvalue weighted by molar-refractivity contribution is -0.141. The summed E-state index contributed by atoms with van der Waals surface area (Å²) in [6, 6.07) is -1.01. The molecule has 5 heteroatoms. The number of aliphatic carboxylic acids is 1. The summed E-state index contributed by atoms with van der Waals surface area (Å²) < 4.78 is 0. The highest BCUT2D eigenvalue weighted by Crippen LogP contribution is 2.38. The number of nitrogens with zero attached hydrogens (tertiary/aromatic N) is 2. The lowest BCUT2D eigenvalue weighted by Gasteiger charge is -2.27. The van der Waals surface area contributed by atoms with Crippen molar-refractivity contribution in [3.63, 3.8) is 0 Å². The predicted octanol–water partition coefficient (Wildman–Crippen LogP) is 1.10. The van der Waals surface area contributed by atoms with Gasteiger partial charge >= 0.3 is 12.0 Å². The molecule has 1 aliphatic rings. The summed E-state index contributed by atoms with van der Waals surface area (Å²) in [7, 11) is 3.24. The van der Waals surface area contributed by atoms with Gasteiger partial charge in [0.1, 0.15) is 6.04 Å². The van der Waals surface area contributed by atoms with Gasteiger partial charge in [-0.1, -0.05) is 6.92 Å². The molecule has 1 fully saturated rings. The fourth-order valence-corrected chi connectivity index (χ4v) is 1.68. The van der Waals surface area contributed by atoms with E-state index in [0.717, 1.165) is 13.0 Å². The van der Waals surface area contributed by atoms with E-state index in [0.29, 0.717) is 11.8 Å². The molecule has 1 aliphatic carbocycles. The number of hydrogen-bond donors (Lipinski definition) is 1. The second-order valence-electron chi connectivity index (χ2n) is 4.76. The normalized spacial score (nSPS) is 24.8. The van der Waals surface area contributed by atoms with Crippen LogP contribution < -0.4 is 0 Å². The molecule has 5 nitrogen and oxygen atoms in total. The zero-order chi connectivity index (χ0) is 12.5. The minimum Gasteiger partial charge on any atom is -0.480 e. The van der Waals surface area contributed by atoms with Gasteiger partial charge in [0.25, 0.3) is 0 Å². The Bertz CT molecular complexity index is 293. The Hall–Kier alpha value is -1.26. The van der Waals surface area contributed by atoms with E-state index in [1.807, 2.05) is 0 Å². The molecule has 0 radical (unpaired) electrons.